The molecule has 0 saturated heterocycles. The van der Waals surface area contributed by atoms with Crippen molar-refractivity contribution in [3.8, 4) is 39.5 Å². The fourth-order valence-electron chi connectivity index (χ4n) is 15.0. The molecular formula is C78H46N2O2. The van der Waals surface area contributed by atoms with E-state index >= 15 is 0 Å². The number of fused-ring (bicyclic) bond motifs is 9. The molecule has 2 aliphatic heterocycles. The predicted octanol–water partition coefficient (Wildman–Crippen LogP) is 22.1. The Kier molecular flexibility index (Phi) is 8.87. The van der Waals surface area contributed by atoms with Gasteiger partial charge in [-0.15, -0.1) is 0 Å². The van der Waals surface area contributed by atoms with Crippen LogP contribution in [-0.4, -0.2) is 0 Å². The Balaban J connectivity index is 0.988. The van der Waals surface area contributed by atoms with Crippen LogP contribution in [0.1, 0.15) is 12.8 Å². The third-order valence-electron chi connectivity index (χ3n) is 18.3. The SMILES string of the molecule is C1=CC2=C(CC1)Oc1ccccc1N2c1ccc2c(-c3ccc4c5cccc6cccc(c7cccc3c74)c65)c3cc(N4c5ccccc5Oc5ccccc54)ccc3c(-c3ccc4c5cccc6cccc(c7cccc3c74)c65)c2c1. The molecule has 0 unspecified atom stereocenters. The summed E-state index contributed by atoms with van der Waals surface area (Å²) in [5, 5.41) is 25.1. The van der Waals surface area contributed by atoms with Gasteiger partial charge in [0.05, 0.1) is 22.8 Å². The monoisotopic (exact) mass is 1040 g/mol. The van der Waals surface area contributed by atoms with Gasteiger partial charge in [0.25, 0.3) is 0 Å². The topological polar surface area (TPSA) is 24.9 Å². The number of rotatable bonds is 4. The molecule has 2 heterocycles. The number of ether oxygens (including phenoxy) is 2. The van der Waals surface area contributed by atoms with Crippen LogP contribution < -0.4 is 19.3 Å². The van der Waals surface area contributed by atoms with Crippen molar-refractivity contribution in [2.24, 2.45) is 0 Å². The van der Waals surface area contributed by atoms with E-state index in [9.17, 15) is 0 Å². The fraction of sp³-hybridized carbons (Fsp3) is 0.0256. The van der Waals surface area contributed by atoms with Crippen molar-refractivity contribution >= 4 is 136 Å². The van der Waals surface area contributed by atoms with Crippen LogP contribution in [-0.2, 0) is 0 Å². The minimum absolute atomic E-state index is 0.823. The average molecular weight is 1040 g/mol. The molecule has 4 nitrogen and oxygen atoms in total. The highest BCUT2D eigenvalue weighted by Crippen LogP contribution is 2.56. The van der Waals surface area contributed by atoms with E-state index in [1.54, 1.807) is 0 Å². The Labute approximate surface area is 471 Å². The van der Waals surface area contributed by atoms with Gasteiger partial charge in [-0.3, -0.25) is 0 Å². The molecule has 380 valence electrons. The molecule has 0 atom stereocenters. The quantitative estimate of drug-likeness (QED) is 0.130. The normalized spacial score (nSPS) is 14.0. The molecule has 0 bridgehead atoms. The molecule has 1 aliphatic carbocycles. The summed E-state index contributed by atoms with van der Waals surface area (Å²) in [4.78, 5) is 4.82. The number of allylic oxidation sites excluding steroid dienone is 3. The number of para-hydroxylation sites is 6. The van der Waals surface area contributed by atoms with Crippen LogP contribution in [0.2, 0.25) is 0 Å². The van der Waals surface area contributed by atoms with Crippen LogP contribution in [0.15, 0.2) is 266 Å². The third kappa shape index (κ3) is 5.94. The molecule has 0 saturated carbocycles. The number of nitrogens with zero attached hydrogens (tertiary/aromatic N) is 2. The van der Waals surface area contributed by atoms with Gasteiger partial charge in [-0.25, -0.2) is 0 Å². The number of hydrogen-bond donors (Lipinski definition) is 0. The maximum Gasteiger partial charge on any atom is 0.151 e. The second-order valence-electron chi connectivity index (χ2n) is 22.4. The molecule has 3 aliphatic rings. The third-order valence-corrected chi connectivity index (χ3v) is 18.3. The predicted molar refractivity (Wildman–Crippen MR) is 344 cm³/mol. The second kappa shape index (κ2) is 16.5. The molecule has 0 N–H and O–H groups in total. The van der Waals surface area contributed by atoms with Crippen LogP contribution in [0, 0.1) is 0 Å². The first-order valence-corrected chi connectivity index (χ1v) is 28.5. The maximum atomic E-state index is 6.73. The van der Waals surface area contributed by atoms with Crippen molar-refractivity contribution in [2.45, 2.75) is 12.8 Å². The first kappa shape index (κ1) is 44.2. The van der Waals surface area contributed by atoms with E-state index in [1.807, 2.05) is 0 Å². The maximum absolute atomic E-state index is 6.73. The summed E-state index contributed by atoms with van der Waals surface area (Å²) in [5.74, 6) is 3.52. The summed E-state index contributed by atoms with van der Waals surface area (Å²) in [5.41, 5.74) is 11.0. The van der Waals surface area contributed by atoms with E-state index in [2.05, 4.69) is 265 Å². The Bertz CT molecular complexity index is 5410. The molecule has 0 amide bonds. The largest absolute Gasteiger partial charge is 0.457 e. The summed E-state index contributed by atoms with van der Waals surface area (Å²) in [7, 11) is 0. The highest BCUT2D eigenvalue weighted by molar-refractivity contribution is 6.38. The number of benzene rings is 16. The molecule has 16 aromatic carbocycles. The lowest BCUT2D eigenvalue weighted by Gasteiger charge is -2.35. The van der Waals surface area contributed by atoms with Gasteiger partial charge in [0.1, 0.15) is 5.76 Å². The first-order valence-electron chi connectivity index (χ1n) is 28.5. The zero-order valence-corrected chi connectivity index (χ0v) is 44.4. The summed E-state index contributed by atoms with van der Waals surface area (Å²) in [6.45, 7) is 0. The van der Waals surface area contributed by atoms with E-state index in [1.165, 1.54) is 130 Å². The number of anilines is 5. The van der Waals surface area contributed by atoms with Crippen LogP contribution >= 0.6 is 0 Å². The highest BCUT2D eigenvalue weighted by atomic mass is 16.5. The summed E-state index contributed by atoms with van der Waals surface area (Å²) >= 11 is 0. The van der Waals surface area contributed by atoms with E-state index in [-0.39, 0.29) is 0 Å². The van der Waals surface area contributed by atoms with Crippen LogP contribution in [0.4, 0.5) is 28.4 Å². The smallest absolute Gasteiger partial charge is 0.151 e. The molecule has 19 rings (SSSR count). The van der Waals surface area contributed by atoms with Gasteiger partial charge in [0.2, 0.25) is 0 Å². The lowest BCUT2D eigenvalue weighted by atomic mass is 9.81. The molecule has 82 heavy (non-hydrogen) atoms. The van der Waals surface area contributed by atoms with Gasteiger partial charge < -0.3 is 19.3 Å². The van der Waals surface area contributed by atoms with E-state index in [0.717, 1.165) is 70.0 Å². The van der Waals surface area contributed by atoms with E-state index in [0.29, 0.717) is 0 Å². The van der Waals surface area contributed by atoms with Gasteiger partial charge in [0, 0.05) is 17.8 Å². The Morgan fingerprint density at radius 3 is 1.18 bits per heavy atom. The molecule has 0 fully saturated rings. The van der Waals surface area contributed by atoms with Crippen LogP contribution in [0.5, 0.6) is 17.2 Å². The molecule has 0 spiro atoms. The molecular weight excluding hydrogens is 997 g/mol. The van der Waals surface area contributed by atoms with Crippen molar-refractivity contribution in [3.05, 3.63) is 266 Å². The van der Waals surface area contributed by atoms with Crippen molar-refractivity contribution in [1.29, 1.82) is 0 Å². The van der Waals surface area contributed by atoms with Gasteiger partial charge in [-0.2, -0.15) is 0 Å². The summed E-state index contributed by atoms with van der Waals surface area (Å²) in [6, 6.07) is 90.5. The summed E-state index contributed by atoms with van der Waals surface area (Å²) < 4.78 is 13.4. The standard InChI is InChI=1S/C78H46N2O2/c1-5-31-69-65(27-1)79(66-28-2-6-32-70(66)81-69)47-35-37-61-63(43-47)77(59-41-39-57-51-21-11-17-45-15-9-19-49(73(45)51)53-23-13-25-55(59)75(53)57)62-38-36-48(80-67-29-3-7-33-71(67)82-72-34-8-4-30-68(72)80)44-64(62)78(61)60-42-40-58-52-22-12-18-46-16-10-20-50(74(46)52)54-24-14-26-56(60)76(54)58/h1-7,9-33,35-44H,8,34H2. The van der Waals surface area contributed by atoms with E-state index < -0.39 is 0 Å². The Morgan fingerprint density at radius 2 is 0.683 bits per heavy atom. The molecule has 0 aromatic heterocycles. The lowest BCUT2D eigenvalue weighted by Crippen LogP contribution is -2.24. The van der Waals surface area contributed by atoms with Crippen molar-refractivity contribution < 1.29 is 9.47 Å². The minimum atomic E-state index is 0.823. The van der Waals surface area contributed by atoms with Crippen LogP contribution in [0.3, 0.4) is 0 Å². The Morgan fingerprint density at radius 1 is 0.293 bits per heavy atom. The van der Waals surface area contributed by atoms with Gasteiger partial charge in [-0.1, -0.05) is 188 Å². The van der Waals surface area contributed by atoms with Crippen molar-refractivity contribution in [1.82, 2.24) is 0 Å². The fourth-order valence-corrected chi connectivity index (χ4v) is 15.0. The summed E-state index contributed by atoms with van der Waals surface area (Å²) in [6.07, 6.45) is 6.32. The Hall–Kier alpha value is -10.7. The highest BCUT2D eigenvalue weighted by Gasteiger charge is 2.31. The number of hydrogen-bond acceptors (Lipinski definition) is 4. The zero-order valence-electron chi connectivity index (χ0n) is 44.4. The molecule has 4 heteroatoms. The molecule has 0 radical (unpaired) electrons. The second-order valence-corrected chi connectivity index (χ2v) is 22.4. The van der Waals surface area contributed by atoms with Crippen LogP contribution in [0.25, 0.3) is 130 Å². The van der Waals surface area contributed by atoms with Gasteiger partial charge in [0.15, 0.2) is 17.2 Å². The van der Waals surface area contributed by atoms with Gasteiger partial charge in [-0.05, 0) is 203 Å². The lowest BCUT2D eigenvalue weighted by molar-refractivity contribution is 0.388. The minimum Gasteiger partial charge on any atom is -0.457 e. The van der Waals surface area contributed by atoms with Crippen molar-refractivity contribution in [2.75, 3.05) is 9.80 Å². The first-order chi connectivity index (χ1) is 40.7. The van der Waals surface area contributed by atoms with Gasteiger partial charge >= 0.3 is 0 Å². The molecule has 16 aromatic rings. The average Bonchev–Trinajstić information content (AvgIpc) is 3.42. The van der Waals surface area contributed by atoms with E-state index in [4.69, 9.17) is 9.47 Å². The zero-order chi connectivity index (χ0) is 53.3. The van der Waals surface area contributed by atoms with Crippen molar-refractivity contribution in [3.63, 3.8) is 0 Å².